The highest BCUT2D eigenvalue weighted by molar-refractivity contribution is 6.33. The molecule has 0 fully saturated rings. The first-order valence-electron chi connectivity index (χ1n) is 5.98. The number of nitro benzene ring substituents is 1. The van der Waals surface area contributed by atoms with Gasteiger partial charge in [0.15, 0.2) is 0 Å². The van der Waals surface area contributed by atoms with Gasteiger partial charge in [-0.3, -0.25) is 14.9 Å². The summed E-state index contributed by atoms with van der Waals surface area (Å²) in [6.45, 7) is 0.183. The summed E-state index contributed by atoms with van der Waals surface area (Å²) >= 11 is 5.75. The monoisotopic (exact) mass is 306 g/mol. The standard InChI is InChI=1S/C14H11ClN2O4/c15-12-3-1-2-11(13(12)17(20)21)14(19)16-8-9-4-6-10(18)7-5-9/h1-7,18H,8H2,(H,16,19). The van der Waals surface area contributed by atoms with Gasteiger partial charge in [0.1, 0.15) is 16.3 Å². The number of amides is 1. The number of hydrogen-bond donors (Lipinski definition) is 2. The number of benzene rings is 2. The average molecular weight is 307 g/mol. The molecule has 0 radical (unpaired) electrons. The van der Waals surface area contributed by atoms with Gasteiger partial charge in [0.2, 0.25) is 0 Å². The maximum absolute atomic E-state index is 12.0. The molecule has 2 N–H and O–H groups in total. The Balaban J connectivity index is 2.16. The van der Waals surface area contributed by atoms with Gasteiger partial charge in [-0.05, 0) is 29.8 Å². The van der Waals surface area contributed by atoms with Crippen molar-refractivity contribution in [3.63, 3.8) is 0 Å². The molecule has 0 aliphatic heterocycles. The Hall–Kier alpha value is -2.60. The zero-order valence-corrected chi connectivity index (χ0v) is 11.5. The molecular weight excluding hydrogens is 296 g/mol. The molecule has 0 aliphatic carbocycles. The Morgan fingerprint density at radius 1 is 1.24 bits per heavy atom. The molecule has 7 heteroatoms. The second-order valence-corrected chi connectivity index (χ2v) is 4.65. The van der Waals surface area contributed by atoms with Gasteiger partial charge < -0.3 is 10.4 Å². The fourth-order valence-electron chi connectivity index (χ4n) is 1.78. The zero-order chi connectivity index (χ0) is 15.4. The highest BCUT2D eigenvalue weighted by Crippen LogP contribution is 2.28. The lowest BCUT2D eigenvalue weighted by atomic mass is 10.1. The van der Waals surface area contributed by atoms with E-state index >= 15 is 0 Å². The lowest BCUT2D eigenvalue weighted by Gasteiger charge is -2.07. The number of phenolic OH excluding ortho intramolecular Hbond substituents is 1. The SMILES string of the molecule is O=C(NCc1ccc(O)cc1)c1cccc(Cl)c1[N+](=O)[O-]. The summed E-state index contributed by atoms with van der Waals surface area (Å²) in [6.07, 6.45) is 0. The fourth-order valence-corrected chi connectivity index (χ4v) is 2.02. The van der Waals surface area contributed by atoms with E-state index in [1.54, 1.807) is 12.1 Å². The summed E-state index contributed by atoms with van der Waals surface area (Å²) in [5.74, 6) is -0.465. The second-order valence-electron chi connectivity index (χ2n) is 4.24. The molecule has 0 aliphatic rings. The molecule has 0 saturated heterocycles. The molecule has 108 valence electrons. The van der Waals surface area contributed by atoms with E-state index in [0.717, 1.165) is 5.56 Å². The van der Waals surface area contributed by atoms with Crippen molar-refractivity contribution in [1.29, 1.82) is 0 Å². The van der Waals surface area contributed by atoms with Gasteiger partial charge in [-0.25, -0.2) is 0 Å². The van der Waals surface area contributed by atoms with Crippen LogP contribution in [0.3, 0.4) is 0 Å². The van der Waals surface area contributed by atoms with Crippen LogP contribution in [0, 0.1) is 10.1 Å². The molecule has 0 heterocycles. The van der Waals surface area contributed by atoms with E-state index in [1.165, 1.54) is 30.3 Å². The van der Waals surface area contributed by atoms with Gasteiger partial charge in [0.05, 0.1) is 4.92 Å². The summed E-state index contributed by atoms with van der Waals surface area (Å²) in [7, 11) is 0. The summed E-state index contributed by atoms with van der Waals surface area (Å²) < 4.78 is 0. The third kappa shape index (κ3) is 3.49. The number of rotatable bonds is 4. The first-order chi connectivity index (χ1) is 9.99. The van der Waals surface area contributed by atoms with Crippen LogP contribution in [0.2, 0.25) is 5.02 Å². The van der Waals surface area contributed by atoms with Crippen molar-refractivity contribution in [3.05, 3.63) is 68.7 Å². The second kappa shape index (κ2) is 6.23. The van der Waals surface area contributed by atoms with Crippen molar-refractivity contribution in [1.82, 2.24) is 5.32 Å². The molecule has 0 aromatic heterocycles. The summed E-state index contributed by atoms with van der Waals surface area (Å²) in [5, 5.41) is 22.6. The highest BCUT2D eigenvalue weighted by Gasteiger charge is 2.23. The molecule has 0 spiro atoms. The lowest BCUT2D eigenvalue weighted by Crippen LogP contribution is -2.23. The van der Waals surface area contributed by atoms with Crippen LogP contribution in [0.5, 0.6) is 5.75 Å². The van der Waals surface area contributed by atoms with E-state index in [4.69, 9.17) is 16.7 Å². The van der Waals surface area contributed by atoms with Gasteiger partial charge in [-0.1, -0.05) is 29.8 Å². The quantitative estimate of drug-likeness (QED) is 0.671. The number of para-hydroxylation sites is 1. The van der Waals surface area contributed by atoms with Crippen LogP contribution in [0.25, 0.3) is 0 Å². The van der Waals surface area contributed by atoms with Crippen molar-refractivity contribution in [2.24, 2.45) is 0 Å². The van der Waals surface area contributed by atoms with Crippen LogP contribution < -0.4 is 5.32 Å². The maximum Gasteiger partial charge on any atom is 0.300 e. The average Bonchev–Trinajstić information content (AvgIpc) is 2.45. The number of carbonyl (C=O) groups is 1. The molecular formula is C14H11ClN2O4. The highest BCUT2D eigenvalue weighted by atomic mass is 35.5. The smallest absolute Gasteiger partial charge is 0.300 e. The number of halogens is 1. The Morgan fingerprint density at radius 3 is 2.52 bits per heavy atom. The van der Waals surface area contributed by atoms with Crippen LogP contribution >= 0.6 is 11.6 Å². The summed E-state index contributed by atoms with van der Waals surface area (Å²) in [6, 6.07) is 10.4. The van der Waals surface area contributed by atoms with Crippen LogP contribution in [-0.2, 0) is 6.54 Å². The molecule has 6 nitrogen and oxygen atoms in total. The van der Waals surface area contributed by atoms with Crippen molar-refractivity contribution in [3.8, 4) is 5.75 Å². The Morgan fingerprint density at radius 2 is 1.90 bits per heavy atom. The predicted octanol–water partition coefficient (Wildman–Crippen LogP) is 2.88. The van der Waals surface area contributed by atoms with Crippen molar-refractivity contribution >= 4 is 23.2 Å². The number of carbonyl (C=O) groups excluding carboxylic acids is 1. The summed E-state index contributed by atoms with van der Waals surface area (Å²) in [5.41, 5.74) is 0.250. The van der Waals surface area contributed by atoms with Crippen molar-refractivity contribution in [2.45, 2.75) is 6.54 Å². The summed E-state index contributed by atoms with van der Waals surface area (Å²) in [4.78, 5) is 22.3. The molecule has 0 atom stereocenters. The molecule has 2 aromatic rings. The Bertz CT molecular complexity index is 686. The van der Waals surface area contributed by atoms with Gasteiger partial charge in [-0.15, -0.1) is 0 Å². The van der Waals surface area contributed by atoms with Crippen LogP contribution in [-0.4, -0.2) is 15.9 Å². The largest absolute Gasteiger partial charge is 0.508 e. The van der Waals surface area contributed by atoms with Crippen LogP contribution in [0.1, 0.15) is 15.9 Å². The number of phenols is 1. The van der Waals surface area contributed by atoms with Crippen LogP contribution in [0.15, 0.2) is 42.5 Å². The number of hydrogen-bond acceptors (Lipinski definition) is 4. The molecule has 2 aromatic carbocycles. The van der Waals surface area contributed by atoms with Crippen molar-refractivity contribution < 1.29 is 14.8 Å². The van der Waals surface area contributed by atoms with Crippen LogP contribution in [0.4, 0.5) is 5.69 Å². The topological polar surface area (TPSA) is 92.5 Å². The number of nitro groups is 1. The van der Waals surface area contributed by atoms with E-state index in [9.17, 15) is 14.9 Å². The van der Waals surface area contributed by atoms with E-state index in [2.05, 4.69) is 5.32 Å². The molecule has 2 rings (SSSR count). The number of nitrogens with zero attached hydrogens (tertiary/aromatic N) is 1. The number of aromatic hydroxyl groups is 1. The van der Waals surface area contributed by atoms with Crippen molar-refractivity contribution in [2.75, 3.05) is 0 Å². The Labute approximate surface area is 125 Å². The molecule has 0 saturated carbocycles. The van der Waals surface area contributed by atoms with E-state index < -0.39 is 16.5 Å². The molecule has 21 heavy (non-hydrogen) atoms. The van der Waals surface area contributed by atoms with Gasteiger partial charge in [0, 0.05) is 6.54 Å². The number of nitrogens with one attached hydrogen (secondary N) is 1. The minimum absolute atomic E-state index is 0.0858. The lowest BCUT2D eigenvalue weighted by molar-refractivity contribution is -0.385. The normalized spacial score (nSPS) is 10.1. The van der Waals surface area contributed by atoms with Gasteiger partial charge >= 0.3 is 5.69 Å². The van der Waals surface area contributed by atoms with E-state index in [0.29, 0.717) is 0 Å². The Kier molecular flexibility index (Phi) is 4.39. The zero-order valence-electron chi connectivity index (χ0n) is 10.7. The molecule has 0 bridgehead atoms. The fraction of sp³-hybridized carbons (Fsp3) is 0.0714. The third-order valence-corrected chi connectivity index (χ3v) is 3.11. The first-order valence-corrected chi connectivity index (χ1v) is 6.36. The maximum atomic E-state index is 12.0. The minimum atomic E-state index is -0.683. The first kappa shape index (κ1) is 14.8. The van der Waals surface area contributed by atoms with Gasteiger partial charge in [-0.2, -0.15) is 0 Å². The van der Waals surface area contributed by atoms with E-state index in [1.807, 2.05) is 0 Å². The molecule has 1 amide bonds. The minimum Gasteiger partial charge on any atom is -0.508 e. The predicted molar refractivity (Wildman–Crippen MR) is 77.4 cm³/mol. The molecule has 0 unspecified atom stereocenters. The van der Waals surface area contributed by atoms with Gasteiger partial charge in [0.25, 0.3) is 5.91 Å². The van der Waals surface area contributed by atoms with E-state index in [-0.39, 0.29) is 22.9 Å². The third-order valence-electron chi connectivity index (χ3n) is 2.80.